The van der Waals surface area contributed by atoms with Gasteiger partial charge in [-0.05, 0) is 56.1 Å². The van der Waals surface area contributed by atoms with Crippen molar-refractivity contribution in [3.8, 4) is 17.8 Å². The lowest BCUT2D eigenvalue weighted by molar-refractivity contribution is 0.0620. The van der Waals surface area contributed by atoms with Crippen LogP contribution < -0.4 is 14.8 Å². The van der Waals surface area contributed by atoms with Gasteiger partial charge in [-0.1, -0.05) is 0 Å². The number of hydrogen-bond acceptors (Lipinski definition) is 6. The average Bonchev–Trinajstić information content (AvgIpc) is 3.11. The van der Waals surface area contributed by atoms with E-state index in [-0.39, 0.29) is 24.0 Å². The molecule has 1 amide bonds. The van der Waals surface area contributed by atoms with E-state index in [1.165, 1.54) is 26.1 Å². The molecule has 1 aromatic heterocycles. The highest BCUT2D eigenvalue weighted by atomic mass is 16.7. The van der Waals surface area contributed by atoms with Crippen LogP contribution in [0.5, 0.6) is 17.8 Å². The van der Waals surface area contributed by atoms with Gasteiger partial charge >= 0.3 is 12.0 Å². The summed E-state index contributed by atoms with van der Waals surface area (Å²) in [7, 11) is 1.49. The van der Waals surface area contributed by atoms with E-state index >= 15 is 0 Å². The zero-order chi connectivity index (χ0) is 17.2. The Balaban J connectivity index is 1.37. The summed E-state index contributed by atoms with van der Waals surface area (Å²) in [5.41, 5.74) is 0.619. The molecule has 4 heterocycles. The summed E-state index contributed by atoms with van der Waals surface area (Å²) < 4.78 is 15.6. The van der Waals surface area contributed by atoms with Crippen molar-refractivity contribution in [1.29, 1.82) is 0 Å². The van der Waals surface area contributed by atoms with Gasteiger partial charge in [-0.25, -0.2) is 0 Å². The fourth-order valence-electron chi connectivity index (χ4n) is 3.54. The zero-order valence-electron chi connectivity index (χ0n) is 14.1. The molecule has 0 unspecified atom stereocenters. The Labute approximate surface area is 145 Å². The first-order valence-electron chi connectivity index (χ1n) is 8.52. The van der Waals surface area contributed by atoms with Gasteiger partial charge in [0.25, 0.3) is 5.91 Å². The van der Waals surface area contributed by atoms with Gasteiger partial charge in [-0.3, -0.25) is 4.79 Å². The topological polar surface area (TPSA) is 76.8 Å². The van der Waals surface area contributed by atoms with Crippen LogP contribution in [-0.4, -0.2) is 48.6 Å². The lowest BCUT2D eigenvalue weighted by Gasteiger charge is -2.44. The van der Waals surface area contributed by atoms with Gasteiger partial charge in [-0.2, -0.15) is 4.98 Å². The standard InChI is InChI=1S/C18H21N3O4/c1-23-16-10-19-18(25-16)24-14-4-2-13(3-5-14)17(22)20-15-11-21-8-6-12(15)7-9-21/h2-5,10,12,15H,6-9,11H2,1H3,(H,20,22)/t15-/m0/s1. The van der Waals surface area contributed by atoms with Crippen molar-refractivity contribution in [2.45, 2.75) is 18.9 Å². The largest absolute Gasteiger partial charge is 0.467 e. The van der Waals surface area contributed by atoms with Crippen molar-refractivity contribution >= 4 is 5.91 Å². The number of hydrogen-bond donors (Lipinski definition) is 1. The number of carbonyl (C=O) groups excluding carboxylic acids is 1. The predicted molar refractivity (Wildman–Crippen MR) is 90.0 cm³/mol. The normalized spacial score (nSPS) is 24.8. The number of nitrogens with one attached hydrogen (secondary N) is 1. The highest BCUT2D eigenvalue weighted by Crippen LogP contribution is 2.28. The molecule has 5 rings (SSSR count). The van der Waals surface area contributed by atoms with Crippen molar-refractivity contribution in [2.75, 3.05) is 26.7 Å². The van der Waals surface area contributed by atoms with E-state index in [1.54, 1.807) is 24.3 Å². The monoisotopic (exact) mass is 343 g/mol. The smallest absolute Gasteiger partial charge is 0.402 e. The van der Waals surface area contributed by atoms with Crippen LogP contribution in [0, 0.1) is 5.92 Å². The van der Waals surface area contributed by atoms with Crippen LogP contribution in [0.3, 0.4) is 0 Å². The second kappa shape index (κ2) is 6.76. The minimum absolute atomic E-state index is 0.0388. The molecule has 2 bridgehead atoms. The molecule has 1 atom stereocenters. The third-order valence-corrected chi connectivity index (χ3v) is 4.96. The third kappa shape index (κ3) is 3.46. The maximum absolute atomic E-state index is 12.5. The Hall–Kier alpha value is -2.54. The van der Waals surface area contributed by atoms with E-state index in [0.29, 0.717) is 17.2 Å². The number of amides is 1. The molecule has 3 saturated heterocycles. The second-order valence-corrected chi connectivity index (χ2v) is 6.49. The van der Waals surface area contributed by atoms with Gasteiger partial charge in [0.1, 0.15) is 11.9 Å². The molecule has 25 heavy (non-hydrogen) atoms. The lowest BCUT2D eigenvalue weighted by Crippen LogP contribution is -2.57. The average molecular weight is 343 g/mol. The summed E-state index contributed by atoms with van der Waals surface area (Å²) in [6.45, 7) is 3.28. The van der Waals surface area contributed by atoms with Crippen LogP contribution >= 0.6 is 0 Å². The molecule has 1 N–H and O–H groups in total. The molecular weight excluding hydrogens is 322 g/mol. The maximum Gasteiger partial charge on any atom is 0.402 e. The van der Waals surface area contributed by atoms with Gasteiger partial charge in [0.15, 0.2) is 0 Å². The summed E-state index contributed by atoms with van der Waals surface area (Å²) in [4.78, 5) is 18.8. The minimum atomic E-state index is -0.0388. The number of nitrogens with zero attached hydrogens (tertiary/aromatic N) is 2. The zero-order valence-corrected chi connectivity index (χ0v) is 14.1. The number of rotatable bonds is 5. The van der Waals surface area contributed by atoms with E-state index in [4.69, 9.17) is 13.9 Å². The van der Waals surface area contributed by atoms with Crippen LogP contribution in [-0.2, 0) is 0 Å². The predicted octanol–water partition coefficient (Wildman–Crippen LogP) is 2.30. The minimum Gasteiger partial charge on any atom is -0.467 e. The Morgan fingerprint density at radius 3 is 2.64 bits per heavy atom. The SMILES string of the molecule is COc1cnc(Oc2ccc(C(=O)N[C@H]3CN4CCC3CC4)cc2)o1. The number of methoxy groups -OCH3 is 1. The number of carbonyl (C=O) groups is 1. The number of ether oxygens (including phenoxy) is 2. The Kier molecular flexibility index (Phi) is 4.31. The van der Waals surface area contributed by atoms with E-state index in [0.717, 1.165) is 19.6 Å². The first-order valence-corrected chi connectivity index (χ1v) is 8.52. The highest BCUT2D eigenvalue weighted by Gasteiger charge is 2.34. The summed E-state index contributed by atoms with van der Waals surface area (Å²) in [5.74, 6) is 1.40. The van der Waals surface area contributed by atoms with Gasteiger partial charge in [0.2, 0.25) is 0 Å². The quantitative estimate of drug-likeness (QED) is 0.898. The second-order valence-electron chi connectivity index (χ2n) is 6.49. The van der Waals surface area contributed by atoms with Crippen molar-refractivity contribution in [2.24, 2.45) is 5.92 Å². The van der Waals surface area contributed by atoms with Gasteiger partial charge < -0.3 is 24.1 Å². The number of fused-ring (bicyclic) bond motifs is 3. The van der Waals surface area contributed by atoms with Crippen LogP contribution in [0.1, 0.15) is 23.2 Å². The molecule has 0 aliphatic carbocycles. The summed E-state index contributed by atoms with van der Waals surface area (Å²) in [6.07, 6.45) is 3.89. The van der Waals surface area contributed by atoms with Crippen molar-refractivity contribution in [3.05, 3.63) is 36.0 Å². The maximum atomic E-state index is 12.5. The molecule has 0 radical (unpaired) electrons. The summed E-state index contributed by atoms with van der Waals surface area (Å²) in [5, 5.41) is 3.18. The number of benzene rings is 1. The molecule has 7 nitrogen and oxygen atoms in total. The molecule has 0 saturated carbocycles. The first kappa shape index (κ1) is 16.0. The van der Waals surface area contributed by atoms with Crippen LogP contribution in [0.2, 0.25) is 0 Å². The Bertz CT molecular complexity index is 735. The Morgan fingerprint density at radius 1 is 1.28 bits per heavy atom. The summed E-state index contributed by atoms with van der Waals surface area (Å²) >= 11 is 0. The van der Waals surface area contributed by atoms with Gasteiger partial charge in [0, 0.05) is 18.2 Å². The summed E-state index contributed by atoms with van der Waals surface area (Å²) in [6, 6.07) is 7.19. The molecular formula is C18H21N3O4. The van der Waals surface area contributed by atoms with E-state index in [2.05, 4.69) is 15.2 Å². The van der Waals surface area contributed by atoms with E-state index < -0.39 is 0 Å². The molecule has 3 aliphatic heterocycles. The van der Waals surface area contributed by atoms with E-state index in [1.807, 2.05) is 0 Å². The van der Waals surface area contributed by atoms with Gasteiger partial charge in [0.05, 0.1) is 7.11 Å². The molecule has 7 heteroatoms. The van der Waals surface area contributed by atoms with Crippen molar-refractivity contribution < 1.29 is 18.7 Å². The molecule has 3 aliphatic rings. The molecule has 3 fully saturated rings. The van der Waals surface area contributed by atoms with Gasteiger partial charge in [-0.15, -0.1) is 0 Å². The van der Waals surface area contributed by atoms with Crippen LogP contribution in [0.15, 0.2) is 34.9 Å². The molecule has 132 valence electrons. The lowest BCUT2D eigenvalue weighted by atomic mass is 9.84. The first-order chi connectivity index (χ1) is 12.2. The van der Waals surface area contributed by atoms with Crippen molar-refractivity contribution in [3.63, 3.8) is 0 Å². The molecule has 0 spiro atoms. The van der Waals surface area contributed by atoms with Crippen LogP contribution in [0.4, 0.5) is 0 Å². The number of piperidine rings is 3. The van der Waals surface area contributed by atoms with Crippen LogP contribution in [0.25, 0.3) is 0 Å². The van der Waals surface area contributed by atoms with E-state index in [9.17, 15) is 4.79 Å². The molecule has 2 aromatic rings. The number of aromatic nitrogens is 1. The number of oxazole rings is 1. The highest BCUT2D eigenvalue weighted by molar-refractivity contribution is 5.94. The fourth-order valence-corrected chi connectivity index (χ4v) is 3.54. The molecule has 1 aromatic carbocycles. The van der Waals surface area contributed by atoms with Crippen molar-refractivity contribution in [1.82, 2.24) is 15.2 Å². The fraction of sp³-hybridized carbons (Fsp3) is 0.444. The third-order valence-electron chi connectivity index (χ3n) is 4.96. The Morgan fingerprint density at radius 2 is 2.04 bits per heavy atom.